The number of nitrogens with one attached hydrogen (secondary N) is 1. The highest BCUT2D eigenvalue weighted by Crippen LogP contribution is 2.39. The SMILES string of the molecule is CNC(=O)C1CCCCN1c1cc(N)nc(C2CC2)n1. The van der Waals surface area contributed by atoms with Crippen LogP contribution in [-0.4, -0.2) is 35.5 Å². The fourth-order valence-electron chi connectivity index (χ4n) is 2.79. The van der Waals surface area contributed by atoms with Gasteiger partial charge in [-0.1, -0.05) is 0 Å². The standard InChI is InChI=1S/C14H21N5O/c1-16-14(20)10-4-2-3-7-19(10)12-8-11(15)17-13(18-12)9-5-6-9/h8-10H,2-7H2,1H3,(H,16,20)(H2,15,17,18). The van der Waals surface area contributed by atoms with Crippen LogP contribution in [0.4, 0.5) is 11.6 Å². The summed E-state index contributed by atoms with van der Waals surface area (Å²) in [6, 6.07) is 1.64. The maximum atomic E-state index is 12.0. The smallest absolute Gasteiger partial charge is 0.242 e. The molecule has 1 saturated carbocycles. The van der Waals surface area contributed by atoms with E-state index in [-0.39, 0.29) is 11.9 Å². The molecule has 1 aromatic heterocycles. The van der Waals surface area contributed by atoms with Crippen molar-refractivity contribution in [2.45, 2.75) is 44.1 Å². The summed E-state index contributed by atoms with van der Waals surface area (Å²) in [6.07, 6.45) is 5.30. The first-order valence-corrected chi connectivity index (χ1v) is 7.31. The van der Waals surface area contributed by atoms with E-state index in [4.69, 9.17) is 5.73 Å². The lowest BCUT2D eigenvalue weighted by Crippen LogP contribution is -2.49. The molecule has 1 aliphatic carbocycles. The second-order valence-electron chi connectivity index (χ2n) is 5.60. The lowest BCUT2D eigenvalue weighted by molar-refractivity contribution is -0.122. The van der Waals surface area contributed by atoms with Crippen LogP contribution in [0.25, 0.3) is 0 Å². The molecule has 3 N–H and O–H groups in total. The second kappa shape index (κ2) is 5.26. The molecule has 2 aliphatic rings. The first-order chi connectivity index (χ1) is 9.69. The number of nitrogen functional groups attached to an aromatic ring is 1. The predicted octanol–water partition coefficient (Wildman–Crippen LogP) is 1.04. The van der Waals surface area contributed by atoms with Gasteiger partial charge in [0.15, 0.2) is 0 Å². The molecule has 0 aromatic carbocycles. The van der Waals surface area contributed by atoms with Crippen LogP contribution in [0.15, 0.2) is 6.07 Å². The van der Waals surface area contributed by atoms with Crippen LogP contribution in [0, 0.1) is 0 Å². The molecule has 0 radical (unpaired) electrons. The fourth-order valence-corrected chi connectivity index (χ4v) is 2.79. The Kier molecular flexibility index (Phi) is 3.46. The van der Waals surface area contributed by atoms with Crippen molar-refractivity contribution in [1.29, 1.82) is 0 Å². The molecule has 1 unspecified atom stereocenters. The van der Waals surface area contributed by atoms with Crippen molar-refractivity contribution in [1.82, 2.24) is 15.3 Å². The van der Waals surface area contributed by atoms with Crippen molar-refractivity contribution in [3.05, 3.63) is 11.9 Å². The van der Waals surface area contributed by atoms with Crippen molar-refractivity contribution in [3.63, 3.8) is 0 Å². The highest BCUT2D eigenvalue weighted by molar-refractivity contribution is 5.85. The van der Waals surface area contributed by atoms with E-state index in [1.165, 1.54) is 0 Å². The molecule has 2 fully saturated rings. The molecule has 1 aliphatic heterocycles. The van der Waals surface area contributed by atoms with Gasteiger partial charge in [-0.2, -0.15) is 0 Å². The Morgan fingerprint density at radius 1 is 1.35 bits per heavy atom. The van der Waals surface area contributed by atoms with E-state index < -0.39 is 0 Å². The van der Waals surface area contributed by atoms with E-state index in [0.29, 0.717) is 11.7 Å². The molecule has 1 amide bonds. The van der Waals surface area contributed by atoms with Gasteiger partial charge in [-0.05, 0) is 32.1 Å². The molecule has 0 spiro atoms. The van der Waals surface area contributed by atoms with Gasteiger partial charge in [-0.3, -0.25) is 4.79 Å². The number of piperidine rings is 1. The van der Waals surface area contributed by atoms with Crippen molar-refractivity contribution in [3.8, 4) is 0 Å². The van der Waals surface area contributed by atoms with Crippen LogP contribution < -0.4 is 16.0 Å². The van der Waals surface area contributed by atoms with Gasteiger partial charge >= 0.3 is 0 Å². The summed E-state index contributed by atoms with van der Waals surface area (Å²) in [5.74, 6) is 2.64. The van der Waals surface area contributed by atoms with Gasteiger partial charge < -0.3 is 16.0 Å². The number of likely N-dealkylation sites (N-methyl/N-ethyl adjacent to an activating group) is 1. The summed E-state index contributed by atoms with van der Waals surface area (Å²) < 4.78 is 0. The molecule has 6 nitrogen and oxygen atoms in total. The average molecular weight is 275 g/mol. The van der Waals surface area contributed by atoms with Crippen LogP contribution in [0.2, 0.25) is 0 Å². The largest absolute Gasteiger partial charge is 0.384 e. The molecule has 108 valence electrons. The van der Waals surface area contributed by atoms with E-state index in [0.717, 1.165) is 50.3 Å². The lowest BCUT2D eigenvalue weighted by atomic mass is 10.0. The number of amides is 1. The third kappa shape index (κ3) is 2.55. The van der Waals surface area contributed by atoms with Crippen molar-refractivity contribution < 1.29 is 4.79 Å². The van der Waals surface area contributed by atoms with E-state index in [1.807, 2.05) is 0 Å². The molecule has 20 heavy (non-hydrogen) atoms. The molecule has 3 rings (SSSR count). The summed E-state index contributed by atoms with van der Waals surface area (Å²) in [5, 5.41) is 2.74. The third-order valence-electron chi connectivity index (χ3n) is 4.04. The highest BCUT2D eigenvalue weighted by atomic mass is 16.2. The number of hydrogen-bond donors (Lipinski definition) is 2. The number of anilines is 2. The Bertz CT molecular complexity index is 514. The first-order valence-electron chi connectivity index (χ1n) is 7.31. The Morgan fingerprint density at radius 2 is 2.15 bits per heavy atom. The van der Waals surface area contributed by atoms with E-state index >= 15 is 0 Å². The molecule has 0 bridgehead atoms. The van der Waals surface area contributed by atoms with E-state index in [9.17, 15) is 4.79 Å². The molecular formula is C14H21N5O. The maximum absolute atomic E-state index is 12.0. The number of rotatable bonds is 3. The minimum absolute atomic E-state index is 0.0508. The zero-order chi connectivity index (χ0) is 14.1. The van der Waals surface area contributed by atoms with Crippen molar-refractivity contribution in [2.75, 3.05) is 24.2 Å². The quantitative estimate of drug-likeness (QED) is 0.861. The number of aromatic nitrogens is 2. The number of nitrogens with two attached hydrogens (primary N) is 1. The van der Waals surface area contributed by atoms with Crippen molar-refractivity contribution in [2.24, 2.45) is 0 Å². The maximum Gasteiger partial charge on any atom is 0.242 e. The van der Waals surface area contributed by atoms with E-state index in [2.05, 4.69) is 20.2 Å². The Morgan fingerprint density at radius 3 is 2.85 bits per heavy atom. The van der Waals surface area contributed by atoms with E-state index in [1.54, 1.807) is 13.1 Å². The second-order valence-corrected chi connectivity index (χ2v) is 5.60. The normalized spacial score (nSPS) is 22.6. The van der Waals surface area contributed by atoms with Gasteiger partial charge in [0.05, 0.1) is 0 Å². The van der Waals surface area contributed by atoms with Crippen molar-refractivity contribution >= 4 is 17.5 Å². The monoisotopic (exact) mass is 275 g/mol. The number of nitrogens with zero attached hydrogens (tertiary/aromatic N) is 3. The summed E-state index contributed by atoms with van der Waals surface area (Å²) in [4.78, 5) is 23.1. The minimum Gasteiger partial charge on any atom is -0.384 e. The fraction of sp³-hybridized carbons (Fsp3) is 0.643. The van der Waals surface area contributed by atoms with Crippen LogP contribution >= 0.6 is 0 Å². The van der Waals surface area contributed by atoms with Crippen LogP contribution in [0.5, 0.6) is 0 Å². The molecule has 6 heteroatoms. The summed E-state index contributed by atoms with van der Waals surface area (Å²) >= 11 is 0. The van der Waals surface area contributed by atoms with Gasteiger partial charge in [-0.25, -0.2) is 9.97 Å². The van der Waals surface area contributed by atoms with Crippen LogP contribution in [0.1, 0.15) is 43.8 Å². The zero-order valence-electron chi connectivity index (χ0n) is 11.8. The molecule has 1 atom stereocenters. The zero-order valence-corrected chi connectivity index (χ0v) is 11.8. The van der Waals surface area contributed by atoms with Gasteiger partial charge in [0, 0.05) is 25.6 Å². The number of carbonyl (C=O) groups is 1. The number of carbonyl (C=O) groups excluding carboxylic acids is 1. The lowest BCUT2D eigenvalue weighted by Gasteiger charge is -2.35. The summed E-state index contributed by atoms with van der Waals surface area (Å²) in [6.45, 7) is 0.846. The molecule has 2 heterocycles. The molecule has 1 saturated heterocycles. The van der Waals surface area contributed by atoms with Gasteiger partial charge in [-0.15, -0.1) is 0 Å². The Balaban J connectivity index is 1.90. The predicted molar refractivity (Wildman–Crippen MR) is 77.5 cm³/mol. The highest BCUT2D eigenvalue weighted by Gasteiger charge is 2.31. The minimum atomic E-state index is -0.143. The number of hydrogen-bond acceptors (Lipinski definition) is 5. The topological polar surface area (TPSA) is 84.1 Å². The Hall–Kier alpha value is -1.85. The van der Waals surface area contributed by atoms with Crippen LogP contribution in [0.3, 0.4) is 0 Å². The van der Waals surface area contributed by atoms with Gasteiger partial charge in [0.2, 0.25) is 5.91 Å². The average Bonchev–Trinajstić information content (AvgIpc) is 3.30. The summed E-state index contributed by atoms with van der Waals surface area (Å²) in [7, 11) is 1.68. The molecular weight excluding hydrogens is 254 g/mol. The third-order valence-corrected chi connectivity index (χ3v) is 4.04. The summed E-state index contributed by atoms with van der Waals surface area (Å²) in [5.41, 5.74) is 5.91. The molecule has 1 aromatic rings. The first kappa shape index (κ1) is 13.1. The van der Waals surface area contributed by atoms with Gasteiger partial charge in [0.1, 0.15) is 23.5 Å². The Labute approximate surface area is 118 Å². The van der Waals surface area contributed by atoms with Crippen LogP contribution in [-0.2, 0) is 4.79 Å². The van der Waals surface area contributed by atoms with Gasteiger partial charge in [0.25, 0.3) is 0 Å².